The lowest BCUT2D eigenvalue weighted by atomic mass is 9.98. The first-order valence-corrected chi connectivity index (χ1v) is 4.96. The van der Waals surface area contributed by atoms with E-state index in [2.05, 4.69) is 0 Å². The third-order valence-electron chi connectivity index (χ3n) is 3.31. The van der Waals surface area contributed by atoms with E-state index < -0.39 is 0 Å². The van der Waals surface area contributed by atoms with Crippen LogP contribution in [0, 0.1) is 0 Å². The van der Waals surface area contributed by atoms with Gasteiger partial charge in [-0.2, -0.15) is 0 Å². The second kappa shape index (κ2) is 2.25. The summed E-state index contributed by atoms with van der Waals surface area (Å²) in [5, 5.41) is 0. The first kappa shape index (κ1) is 7.17. The van der Waals surface area contributed by atoms with Gasteiger partial charge in [0.05, 0.1) is 25.4 Å². The summed E-state index contributed by atoms with van der Waals surface area (Å²) in [5.74, 6) is 0. The van der Waals surface area contributed by atoms with E-state index in [4.69, 9.17) is 18.9 Å². The molecule has 0 saturated carbocycles. The average Bonchev–Trinajstić information content (AvgIpc) is 3.04. The minimum Gasteiger partial charge on any atom is -0.373 e. The van der Waals surface area contributed by atoms with Crippen LogP contribution in [0.5, 0.6) is 0 Å². The van der Waals surface area contributed by atoms with Crippen LogP contribution in [0.3, 0.4) is 0 Å². The summed E-state index contributed by atoms with van der Waals surface area (Å²) in [6.07, 6.45) is 2.92. The van der Waals surface area contributed by atoms with Gasteiger partial charge in [-0.25, -0.2) is 0 Å². The van der Waals surface area contributed by atoms with Crippen molar-refractivity contribution in [2.24, 2.45) is 0 Å². The Kier molecular flexibility index (Phi) is 1.24. The third-order valence-corrected chi connectivity index (χ3v) is 3.31. The Hall–Kier alpha value is -0.160. The van der Waals surface area contributed by atoms with Gasteiger partial charge in [-0.05, 0) is 0 Å². The lowest BCUT2D eigenvalue weighted by molar-refractivity contribution is -0.0360. The molecule has 4 aliphatic rings. The van der Waals surface area contributed by atoms with Gasteiger partial charge < -0.3 is 18.9 Å². The Labute approximate surface area is 76.1 Å². The van der Waals surface area contributed by atoms with Crippen LogP contribution in [0.25, 0.3) is 0 Å². The molecule has 0 aromatic heterocycles. The predicted molar refractivity (Wildman–Crippen MR) is 41.4 cm³/mol. The summed E-state index contributed by atoms with van der Waals surface area (Å²) in [4.78, 5) is 0. The minimum absolute atomic E-state index is 0.216. The van der Waals surface area contributed by atoms with E-state index in [1.807, 2.05) is 0 Å². The Morgan fingerprint density at radius 3 is 2.77 bits per heavy atom. The van der Waals surface area contributed by atoms with Gasteiger partial charge in [0.15, 0.2) is 0 Å². The van der Waals surface area contributed by atoms with Gasteiger partial charge in [-0.1, -0.05) is 0 Å². The van der Waals surface area contributed by atoms with Crippen LogP contribution in [0.4, 0.5) is 0 Å². The molecule has 0 amide bonds. The van der Waals surface area contributed by atoms with Crippen LogP contribution in [-0.4, -0.2) is 49.8 Å². The summed E-state index contributed by atoms with van der Waals surface area (Å²) < 4.78 is 22.0. The molecular formula is C9H12O4. The Balaban J connectivity index is 1.40. The molecule has 0 radical (unpaired) electrons. The van der Waals surface area contributed by atoms with Gasteiger partial charge >= 0.3 is 0 Å². The Morgan fingerprint density at radius 1 is 1.15 bits per heavy atom. The number of hydrogen-bond donors (Lipinski definition) is 0. The molecule has 0 aromatic rings. The van der Waals surface area contributed by atoms with Gasteiger partial charge in [-0.3, -0.25) is 0 Å². The van der Waals surface area contributed by atoms with Crippen LogP contribution in [0.2, 0.25) is 0 Å². The van der Waals surface area contributed by atoms with E-state index in [0.29, 0.717) is 24.4 Å². The molecule has 6 atom stereocenters. The molecule has 4 heterocycles. The minimum atomic E-state index is 0.216. The summed E-state index contributed by atoms with van der Waals surface area (Å²) in [6, 6.07) is 0. The van der Waals surface area contributed by atoms with Gasteiger partial charge in [0.25, 0.3) is 0 Å². The zero-order chi connectivity index (χ0) is 8.41. The van der Waals surface area contributed by atoms with Crippen molar-refractivity contribution >= 4 is 0 Å². The number of ether oxygens (including phenoxy) is 4. The maximum Gasteiger partial charge on any atom is 0.116 e. The van der Waals surface area contributed by atoms with E-state index >= 15 is 0 Å². The maximum atomic E-state index is 5.73. The summed E-state index contributed by atoms with van der Waals surface area (Å²) in [6.45, 7) is 1.60. The molecule has 2 bridgehead atoms. The molecule has 4 heteroatoms. The summed E-state index contributed by atoms with van der Waals surface area (Å²) in [7, 11) is 0. The first-order valence-electron chi connectivity index (χ1n) is 4.96. The van der Waals surface area contributed by atoms with E-state index in [0.717, 1.165) is 19.6 Å². The fourth-order valence-electron chi connectivity index (χ4n) is 2.47. The molecule has 0 aromatic carbocycles. The van der Waals surface area contributed by atoms with Crippen LogP contribution in [0.1, 0.15) is 6.42 Å². The molecule has 4 saturated heterocycles. The molecule has 4 aliphatic heterocycles. The lowest BCUT2D eigenvalue weighted by Gasteiger charge is -2.16. The molecule has 4 rings (SSSR count). The quantitative estimate of drug-likeness (QED) is 0.565. The van der Waals surface area contributed by atoms with Crippen LogP contribution in [-0.2, 0) is 18.9 Å². The smallest absolute Gasteiger partial charge is 0.116 e. The fraction of sp³-hybridized carbons (Fsp3) is 1.00. The van der Waals surface area contributed by atoms with E-state index in [1.165, 1.54) is 0 Å². The molecule has 6 unspecified atom stereocenters. The van der Waals surface area contributed by atoms with Crippen molar-refractivity contribution in [3.8, 4) is 0 Å². The third kappa shape index (κ3) is 1.00. The Morgan fingerprint density at radius 2 is 2.08 bits per heavy atom. The largest absolute Gasteiger partial charge is 0.373 e. The molecule has 0 aliphatic carbocycles. The van der Waals surface area contributed by atoms with Crippen molar-refractivity contribution < 1.29 is 18.9 Å². The Bertz CT molecular complexity index is 240. The van der Waals surface area contributed by atoms with Crippen molar-refractivity contribution in [1.29, 1.82) is 0 Å². The van der Waals surface area contributed by atoms with E-state index in [9.17, 15) is 0 Å². The van der Waals surface area contributed by atoms with Crippen molar-refractivity contribution in [2.45, 2.75) is 43.0 Å². The van der Waals surface area contributed by atoms with Crippen molar-refractivity contribution in [3.05, 3.63) is 0 Å². The van der Waals surface area contributed by atoms with Crippen LogP contribution < -0.4 is 0 Å². The van der Waals surface area contributed by atoms with Crippen molar-refractivity contribution in [1.82, 2.24) is 0 Å². The predicted octanol–water partition coefficient (Wildman–Crippen LogP) is -0.291. The molecule has 13 heavy (non-hydrogen) atoms. The normalized spacial score (nSPS) is 60.9. The van der Waals surface area contributed by atoms with E-state index in [-0.39, 0.29) is 12.2 Å². The number of fused-ring (bicyclic) bond motifs is 5. The average molecular weight is 184 g/mol. The highest BCUT2D eigenvalue weighted by atomic mass is 16.7. The second-order valence-electron chi connectivity index (χ2n) is 4.27. The van der Waals surface area contributed by atoms with Gasteiger partial charge in [0, 0.05) is 6.42 Å². The zero-order valence-electron chi connectivity index (χ0n) is 7.22. The molecule has 0 N–H and O–H groups in total. The van der Waals surface area contributed by atoms with E-state index in [1.54, 1.807) is 0 Å². The molecule has 0 spiro atoms. The SMILES string of the molecule is C1OC1COC1CC2OC1C1OC21. The highest BCUT2D eigenvalue weighted by molar-refractivity contribution is 5.12. The van der Waals surface area contributed by atoms with Crippen molar-refractivity contribution in [3.63, 3.8) is 0 Å². The number of rotatable bonds is 3. The molecule has 4 fully saturated rings. The number of hydrogen-bond acceptors (Lipinski definition) is 4. The lowest BCUT2D eigenvalue weighted by Crippen LogP contribution is -2.32. The van der Waals surface area contributed by atoms with Gasteiger partial charge in [0.2, 0.25) is 0 Å². The van der Waals surface area contributed by atoms with Gasteiger partial charge in [-0.15, -0.1) is 0 Å². The zero-order valence-corrected chi connectivity index (χ0v) is 7.22. The van der Waals surface area contributed by atoms with Gasteiger partial charge in [0.1, 0.15) is 24.4 Å². The fourth-order valence-corrected chi connectivity index (χ4v) is 2.47. The van der Waals surface area contributed by atoms with Crippen LogP contribution >= 0.6 is 0 Å². The topological polar surface area (TPSA) is 43.5 Å². The highest BCUT2D eigenvalue weighted by Gasteiger charge is 2.65. The standard InChI is InChI=1S/C9H12O4/c1-5(11-3-4-2-10-4)7-9-8(13-9)6(1)12-7/h4-9H,1-3H2. The highest BCUT2D eigenvalue weighted by Crippen LogP contribution is 2.49. The first-order chi connectivity index (χ1) is 6.42. The summed E-state index contributed by atoms with van der Waals surface area (Å²) in [5.41, 5.74) is 0. The second-order valence-corrected chi connectivity index (χ2v) is 4.27. The monoisotopic (exact) mass is 184 g/mol. The number of epoxide rings is 2. The van der Waals surface area contributed by atoms with Crippen molar-refractivity contribution in [2.75, 3.05) is 13.2 Å². The molecule has 4 nitrogen and oxygen atoms in total. The molecule has 72 valence electrons. The maximum absolute atomic E-state index is 5.73. The summed E-state index contributed by atoms with van der Waals surface area (Å²) >= 11 is 0. The molecular weight excluding hydrogens is 172 g/mol. The van der Waals surface area contributed by atoms with Crippen LogP contribution in [0.15, 0.2) is 0 Å².